The second-order valence-corrected chi connectivity index (χ2v) is 13.4. The van der Waals surface area contributed by atoms with Gasteiger partial charge in [0.2, 0.25) is 0 Å². The van der Waals surface area contributed by atoms with Crippen LogP contribution in [-0.4, -0.2) is 18.3 Å². The number of benzene rings is 5. The van der Waals surface area contributed by atoms with Gasteiger partial charge in [0.05, 0.1) is 11.2 Å². The van der Waals surface area contributed by atoms with Crippen molar-refractivity contribution >= 4 is 40.4 Å². The molecule has 0 spiro atoms. The molecule has 42 heavy (non-hydrogen) atoms. The van der Waals surface area contributed by atoms with Crippen LogP contribution in [0.2, 0.25) is 0 Å². The van der Waals surface area contributed by atoms with Gasteiger partial charge in [0, 0.05) is 17.1 Å². The molecule has 0 amide bonds. The molecule has 0 atom stereocenters. The highest BCUT2D eigenvalue weighted by atomic mass is 16.7. The Morgan fingerprint density at radius 3 is 1.64 bits per heavy atom. The fraction of sp³-hybridized carbons (Fsp3) is 0.263. The van der Waals surface area contributed by atoms with E-state index in [2.05, 4.69) is 169 Å². The van der Waals surface area contributed by atoms with Crippen LogP contribution >= 0.6 is 0 Å². The van der Waals surface area contributed by atoms with Crippen molar-refractivity contribution in [2.75, 3.05) is 4.90 Å². The van der Waals surface area contributed by atoms with Crippen LogP contribution in [0.15, 0.2) is 115 Å². The molecule has 0 aromatic heterocycles. The molecule has 1 aliphatic rings. The largest absolute Gasteiger partial charge is 0.494 e. The SMILES string of the molecule is CC(C)(C)c1ccc(N(c2ccc(-c3ccccc3)cc2)c2ccc3cc(B4OC(C)(C)C(C)(C)O4)ccc3c2)cc1. The number of nitrogens with zero attached hydrogens (tertiary/aromatic N) is 1. The van der Waals surface area contributed by atoms with Crippen LogP contribution in [-0.2, 0) is 14.7 Å². The molecule has 4 heteroatoms. The minimum absolute atomic E-state index is 0.0958. The number of fused-ring (bicyclic) bond motifs is 1. The highest BCUT2D eigenvalue weighted by Crippen LogP contribution is 2.39. The van der Waals surface area contributed by atoms with Crippen LogP contribution in [0.1, 0.15) is 54.0 Å². The van der Waals surface area contributed by atoms with Crippen LogP contribution < -0.4 is 10.4 Å². The van der Waals surface area contributed by atoms with E-state index in [1.54, 1.807) is 0 Å². The summed E-state index contributed by atoms with van der Waals surface area (Å²) in [6.45, 7) is 15.1. The van der Waals surface area contributed by atoms with E-state index in [1.807, 2.05) is 0 Å². The Morgan fingerprint density at radius 1 is 0.548 bits per heavy atom. The summed E-state index contributed by atoms with van der Waals surface area (Å²) >= 11 is 0. The van der Waals surface area contributed by atoms with E-state index in [-0.39, 0.29) is 23.7 Å². The molecule has 0 unspecified atom stereocenters. The average Bonchev–Trinajstić information content (AvgIpc) is 3.20. The van der Waals surface area contributed by atoms with Crippen molar-refractivity contribution in [1.82, 2.24) is 0 Å². The van der Waals surface area contributed by atoms with Gasteiger partial charge in [-0.1, -0.05) is 99.6 Å². The van der Waals surface area contributed by atoms with Crippen molar-refractivity contribution in [3.63, 3.8) is 0 Å². The van der Waals surface area contributed by atoms with Crippen molar-refractivity contribution in [1.29, 1.82) is 0 Å². The fourth-order valence-electron chi connectivity index (χ4n) is 5.51. The maximum atomic E-state index is 6.32. The molecular weight excluding hydrogens is 513 g/mol. The number of hydrogen-bond donors (Lipinski definition) is 0. The van der Waals surface area contributed by atoms with Crippen LogP contribution in [0.4, 0.5) is 17.1 Å². The van der Waals surface area contributed by atoms with Gasteiger partial charge in [-0.25, -0.2) is 0 Å². The van der Waals surface area contributed by atoms with E-state index >= 15 is 0 Å². The van der Waals surface area contributed by atoms with Gasteiger partial charge >= 0.3 is 7.12 Å². The Bertz CT molecular complexity index is 1690. The third kappa shape index (κ3) is 5.37. The van der Waals surface area contributed by atoms with E-state index in [0.717, 1.165) is 27.9 Å². The highest BCUT2D eigenvalue weighted by Gasteiger charge is 2.51. The summed E-state index contributed by atoms with van der Waals surface area (Å²) in [5.74, 6) is 0. The van der Waals surface area contributed by atoms with E-state index in [0.29, 0.717) is 0 Å². The molecule has 0 saturated carbocycles. The van der Waals surface area contributed by atoms with Crippen molar-refractivity contribution in [2.24, 2.45) is 0 Å². The molecule has 1 fully saturated rings. The molecule has 0 bridgehead atoms. The van der Waals surface area contributed by atoms with Crippen LogP contribution in [0, 0.1) is 0 Å². The third-order valence-electron chi connectivity index (χ3n) is 8.86. The maximum Gasteiger partial charge on any atom is 0.494 e. The Hall–Kier alpha value is -3.86. The molecule has 0 aliphatic carbocycles. The summed E-state index contributed by atoms with van der Waals surface area (Å²) in [5.41, 5.74) is 7.50. The van der Waals surface area contributed by atoms with Crippen LogP contribution in [0.5, 0.6) is 0 Å². The van der Waals surface area contributed by atoms with Gasteiger partial charge in [0.25, 0.3) is 0 Å². The molecule has 212 valence electrons. The molecule has 3 nitrogen and oxygen atoms in total. The topological polar surface area (TPSA) is 21.7 Å². The number of anilines is 3. The quantitative estimate of drug-likeness (QED) is 0.202. The molecule has 1 aliphatic heterocycles. The Balaban J connectivity index is 1.38. The lowest BCUT2D eigenvalue weighted by Crippen LogP contribution is -2.41. The molecule has 5 aromatic carbocycles. The Labute approximate surface area is 251 Å². The van der Waals surface area contributed by atoms with Crippen molar-refractivity contribution in [3.8, 4) is 11.1 Å². The molecule has 6 rings (SSSR count). The maximum absolute atomic E-state index is 6.32. The number of hydrogen-bond acceptors (Lipinski definition) is 3. The van der Waals surface area contributed by atoms with Gasteiger partial charge in [-0.05, 0) is 102 Å². The standard InChI is InChI=1S/C38H40BNO2/c1-36(2,3)31-17-23-34(24-18-31)40(33-20-14-28(15-21-33)27-11-9-8-10-12-27)35-22-16-29-25-32(19-13-30(29)26-35)39-41-37(4,5)38(6,7)42-39/h8-26H,1-7H3. The van der Waals surface area contributed by atoms with Gasteiger partial charge in [-0.15, -0.1) is 0 Å². The average molecular weight is 554 g/mol. The normalized spacial score (nSPS) is 16.1. The van der Waals surface area contributed by atoms with Crippen LogP contribution in [0.25, 0.3) is 21.9 Å². The minimum atomic E-state index is -0.375. The fourth-order valence-corrected chi connectivity index (χ4v) is 5.51. The second kappa shape index (κ2) is 10.5. The summed E-state index contributed by atoms with van der Waals surface area (Å²) in [4.78, 5) is 2.34. The van der Waals surface area contributed by atoms with Crippen molar-refractivity contribution in [2.45, 2.75) is 65.1 Å². The summed E-state index contributed by atoms with van der Waals surface area (Å²) < 4.78 is 12.6. The zero-order valence-electron chi connectivity index (χ0n) is 25.8. The molecular formula is C38H40BNO2. The predicted octanol–water partition coefficient (Wildman–Crippen LogP) is 9.57. The first-order chi connectivity index (χ1) is 19.9. The third-order valence-corrected chi connectivity index (χ3v) is 8.86. The van der Waals surface area contributed by atoms with E-state index in [1.165, 1.54) is 22.1 Å². The van der Waals surface area contributed by atoms with E-state index in [4.69, 9.17) is 9.31 Å². The first-order valence-corrected chi connectivity index (χ1v) is 14.9. The van der Waals surface area contributed by atoms with Gasteiger partial charge < -0.3 is 14.2 Å². The Morgan fingerprint density at radius 2 is 1.05 bits per heavy atom. The smallest absolute Gasteiger partial charge is 0.399 e. The highest BCUT2D eigenvalue weighted by molar-refractivity contribution is 6.62. The molecule has 5 aromatic rings. The molecule has 0 N–H and O–H groups in total. The van der Waals surface area contributed by atoms with Gasteiger partial charge in [-0.3, -0.25) is 0 Å². The van der Waals surface area contributed by atoms with E-state index < -0.39 is 0 Å². The first kappa shape index (κ1) is 28.3. The predicted molar refractivity (Wildman–Crippen MR) is 178 cm³/mol. The summed E-state index contributed by atoms with van der Waals surface area (Å²) in [7, 11) is -0.375. The van der Waals surface area contributed by atoms with Gasteiger partial charge in [0.1, 0.15) is 0 Å². The first-order valence-electron chi connectivity index (χ1n) is 14.9. The summed E-state index contributed by atoms with van der Waals surface area (Å²) in [6.07, 6.45) is 0. The van der Waals surface area contributed by atoms with Crippen molar-refractivity contribution in [3.05, 3.63) is 121 Å². The molecule has 1 heterocycles. The summed E-state index contributed by atoms with van der Waals surface area (Å²) in [6, 6.07) is 41.5. The zero-order valence-corrected chi connectivity index (χ0v) is 25.8. The Kier molecular flexibility index (Phi) is 7.03. The molecule has 0 radical (unpaired) electrons. The van der Waals surface area contributed by atoms with Crippen molar-refractivity contribution < 1.29 is 9.31 Å². The van der Waals surface area contributed by atoms with Gasteiger partial charge in [0.15, 0.2) is 0 Å². The lowest BCUT2D eigenvalue weighted by molar-refractivity contribution is 0.00578. The zero-order chi connectivity index (χ0) is 29.7. The monoisotopic (exact) mass is 553 g/mol. The number of rotatable bonds is 5. The lowest BCUT2D eigenvalue weighted by atomic mass is 9.78. The van der Waals surface area contributed by atoms with Gasteiger partial charge in [-0.2, -0.15) is 0 Å². The minimum Gasteiger partial charge on any atom is -0.399 e. The second-order valence-electron chi connectivity index (χ2n) is 13.4. The summed E-state index contributed by atoms with van der Waals surface area (Å²) in [5, 5.41) is 2.33. The lowest BCUT2D eigenvalue weighted by Gasteiger charge is -2.32. The molecule has 1 saturated heterocycles. The van der Waals surface area contributed by atoms with E-state index in [9.17, 15) is 0 Å². The van der Waals surface area contributed by atoms with Crippen LogP contribution in [0.3, 0.4) is 0 Å².